The fourth-order valence-electron chi connectivity index (χ4n) is 3.08. The summed E-state index contributed by atoms with van der Waals surface area (Å²) in [4.78, 5) is 12.6. The molecular weight excluding hydrogens is 432 g/mol. The molecular formula is C23H32N2O6S. The Labute approximate surface area is 190 Å². The van der Waals surface area contributed by atoms with E-state index in [0.717, 1.165) is 11.1 Å². The molecule has 9 heteroatoms. The maximum absolute atomic E-state index is 12.6. The molecule has 0 spiro atoms. The number of hydrogen-bond acceptors (Lipinski definition) is 6. The zero-order valence-corrected chi connectivity index (χ0v) is 20.0. The third-order valence-corrected chi connectivity index (χ3v) is 6.49. The summed E-state index contributed by atoms with van der Waals surface area (Å²) < 4.78 is 43.6. The molecule has 1 unspecified atom stereocenters. The molecule has 0 heterocycles. The molecule has 2 N–H and O–H groups in total. The van der Waals surface area contributed by atoms with Gasteiger partial charge in [0.1, 0.15) is 6.61 Å². The van der Waals surface area contributed by atoms with Crippen LogP contribution in [0.1, 0.15) is 36.1 Å². The van der Waals surface area contributed by atoms with Crippen LogP contribution < -0.4 is 19.5 Å². The molecule has 0 aliphatic heterocycles. The van der Waals surface area contributed by atoms with Crippen molar-refractivity contribution in [1.29, 1.82) is 0 Å². The predicted molar refractivity (Wildman–Crippen MR) is 123 cm³/mol. The first-order valence-corrected chi connectivity index (χ1v) is 11.8. The monoisotopic (exact) mass is 464 g/mol. The average Bonchev–Trinajstić information content (AvgIpc) is 2.75. The van der Waals surface area contributed by atoms with Crippen LogP contribution in [0, 0.1) is 13.8 Å². The Morgan fingerprint density at radius 2 is 1.78 bits per heavy atom. The van der Waals surface area contributed by atoms with Crippen molar-refractivity contribution in [2.45, 2.75) is 38.1 Å². The van der Waals surface area contributed by atoms with Crippen molar-refractivity contribution in [2.75, 3.05) is 34.0 Å². The number of methoxy groups -OCH3 is 2. The molecule has 0 bridgehead atoms. The number of carbonyl (C=O) groups excluding carboxylic acids is 1. The molecule has 2 aromatic rings. The second-order valence-corrected chi connectivity index (χ2v) is 9.19. The van der Waals surface area contributed by atoms with Crippen LogP contribution >= 0.6 is 0 Å². The Hall–Kier alpha value is -2.62. The van der Waals surface area contributed by atoms with Gasteiger partial charge in [-0.1, -0.05) is 18.2 Å². The van der Waals surface area contributed by atoms with Crippen LogP contribution in [-0.2, 0) is 19.6 Å². The van der Waals surface area contributed by atoms with E-state index in [1.165, 1.54) is 0 Å². The van der Waals surface area contributed by atoms with Gasteiger partial charge in [0, 0.05) is 20.1 Å². The van der Waals surface area contributed by atoms with Crippen LogP contribution in [0.15, 0.2) is 41.3 Å². The highest BCUT2D eigenvalue weighted by Crippen LogP contribution is 2.30. The minimum absolute atomic E-state index is 0.00384. The fourth-order valence-corrected chi connectivity index (χ4v) is 4.44. The van der Waals surface area contributed by atoms with Gasteiger partial charge >= 0.3 is 0 Å². The third-order valence-electron chi connectivity index (χ3n) is 4.89. The van der Waals surface area contributed by atoms with E-state index in [-0.39, 0.29) is 29.8 Å². The average molecular weight is 465 g/mol. The van der Waals surface area contributed by atoms with Gasteiger partial charge in [0.2, 0.25) is 15.9 Å². The van der Waals surface area contributed by atoms with Crippen molar-refractivity contribution in [1.82, 2.24) is 10.0 Å². The number of nitrogens with one attached hydrogen (secondary N) is 2. The van der Waals surface area contributed by atoms with Crippen molar-refractivity contribution in [3.63, 3.8) is 0 Å². The van der Waals surface area contributed by atoms with Gasteiger partial charge in [-0.25, -0.2) is 13.1 Å². The smallest absolute Gasteiger partial charge is 0.240 e. The molecule has 0 fully saturated rings. The summed E-state index contributed by atoms with van der Waals surface area (Å²) in [6, 6.07) is 10.4. The summed E-state index contributed by atoms with van der Waals surface area (Å²) in [7, 11) is -0.534. The highest BCUT2D eigenvalue weighted by molar-refractivity contribution is 7.89. The van der Waals surface area contributed by atoms with Gasteiger partial charge in [0.15, 0.2) is 11.5 Å². The number of benzene rings is 2. The summed E-state index contributed by atoms with van der Waals surface area (Å²) in [6.07, 6.45) is 0.0176. The standard InChI is InChI=1S/C23H32N2O6S/c1-16-6-7-17(2)22(14-16)32(27,28)24-11-10-23(26)25-18(3)19-8-9-20(21(15-19)30-5)31-13-12-29-4/h6-9,14-15,18,24H,10-13H2,1-5H3,(H,25,26). The number of rotatable bonds is 12. The first kappa shape index (κ1) is 25.6. The lowest BCUT2D eigenvalue weighted by atomic mass is 10.1. The molecule has 1 atom stereocenters. The first-order valence-electron chi connectivity index (χ1n) is 10.3. The molecule has 0 saturated carbocycles. The van der Waals surface area contributed by atoms with Gasteiger partial charge in [-0.2, -0.15) is 0 Å². The van der Waals surface area contributed by atoms with Crippen molar-refractivity contribution < 1.29 is 27.4 Å². The van der Waals surface area contributed by atoms with E-state index in [4.69, 9.17) is 14.2 Å². The van der Waals surface area contributed by atoms with Gasteiger partial charge in [0.25, 0.3) is 0 Å². The number of amides is 1. The second-order valence-electron chi connectivity index (χ2n) is 7.46. The Bertz CT molecular complexity index is 1020. The molecule has 2 rings (SSSR count). The Morgan fingerprint density at radius 3 is 2.47 bits per heavy atom. The summed E-state index contributed by atoms with van der Waals surface area (Å²) >= 11 is 0. The number of hydrogen-bond donors (Lipinski definition) is 2. The lowest BCUT2D eigenvalue weighted by molar-refractivity contribution is -0.121. The van der Waals surface area contributed by atoms with Crippen LogP contribution in [0.4, 0.5) is 0 Å². The predicted octanol–water partition coefficient (Wildman–Crippen LogP) is 2.88. The zero-order chi connectivity index (χ0) is 23.7. The number of aryl methyl sites for hydroxylation is 2. The molecule has 0 radical (unpaired) electrons. The number of ether oxygens (including phenoxy) is 3. The van der Waals surface area contributed by atoms with Crippen molar-refractivity contribution >= 4 is 15.9 Å². The topological polar surface area (TPSA) is 103 Å². The summed E-state index contributed by atoms with van der Waals surface area (Å²) in [5.41, 5.74) is 2.35. The molecule has 0 aliphatic carbocycles. The number of sulfonamides is 1. The van der Waals surface area contributed by atoms with E-state index in [0.29, 0.717) is 30.3 Å². The van der Waals surface area contributed by atoms with Crippen molar-refractivity contribution in [3.05, 3.63) is 53.1 Å². The lowest BCUT2D eigenvalue weighted by Crippen LogP contribution is -2.32. The van der Waals surface area contributed by atoms with E-state index >= 15 is 0 Å². The van der Waals surface area contributed by atoms with Crippen LogP contribution in [-0.4, -0.2) is 48.3 Å². The molecule has 176 valence electrons. The van der Waals surface area contributed by atoms with Crippen LogP contribution in [0.3, 0.4) is 0 Å². The van der Waals surface area contributed by atoms with Crippen molar-refractivity contribution in [2.24, 2.45) is 0 Å². The quantitative estimate of drug-likeness (QED) is 0.468. The summed E-state index contributed by atoms with van der Waals surface area (Å²) in [5, 5.41) is 2.88. The molecule has 1 amide bonds. The molecule has 0 aromatic heterocycles. The minimum Gasteiger partial charge on any atom is -0.493 e. The Morgan fingerprint density at radius 1 is 1.03 bits per heavy atom. The first-order chi connectivity index (χ1) is 15.2. The largest absolute Gasteiger partial charge is 0.493 e. The fraction of sp³-hybridized carbons (Fsp3) is 0.435. The van der Waals surface area contributed by atoms with E-state index < -0.39 is 10.0 Å². The van der Waals surface area contributed by atoms with Gasteiger partial charge in [-0.05, 0) is 55.7 Å². The number of carbonyl (C=O) groups is 1. The zero-order valence-electron chi connectivity index (χ0n) is 19.2. The van der Waals surface area contributed by atoms with Crippen LogP contribution in [0.5, 0.6) is 11.5 Å². The maximum Gasteiger partial charge on any atom is 0.240 e. The summed E-state index contributed by atoms with van der Waals surface area (Å²) in [5.74, 6) is 0.884. The Balaban J connectivity index is 1.92. The maximum atomic E-state index is 12.6. The van der Waals surface area contributed by atoms with Gasteiger partial charge < -0.3 is 19.5 Å². The van der Waals surface area contributed by atoms with E-state index in [2.05, 4.69) is 10.0 Å². The van der Waals surface area contributed by atoms with Crippen LogP contribution in [0.2, 0.25) is 0 Å². The van der Waals surface area contributed by atoms with E-state index in [9.17, 15) is 13.2 Å². The molecule has 0 aliphatic rings. The van der Waals surface area contributed by atoms with E-state index in [1.807, 2.05) is 26.0 Å². The highest BCUT2D eigenvalue weighted by atomic mass is 32.2. The van der Waals surface area contributed by atoms with Crippen molar-refractivity contribution in [3.8, 4) is 11.5 Å². The van der Waals surface area contributed by atoms with E-state index in [1.54, 1.807) is 45.4 Å². The van der Waals surface area contributed by atoms with Gasteiger partial charge in [-0.3, -0.25) is 4.79 Å². The highest BCUT2D eigenvalue weighted by Gasteiger charge is 2.18. The minimum atomic E-state index is -3.68. The lowest BCUT2D eigenvalue weighted by Gasteiger charge is -2.17. The molecule has 0 saturated heterocycles. The molecule has 8 nitrogen and oxygen atoms in total. The SMILES string of the molecule is COCCOc1ccc(C(C)NC(=O)CCNS(=O)(=O)c2cc(C)ccc2C)cc1OC. The summed E-state index contributed by atoms with van der Waals surface area (Å²) in [6.45, 7) is 6.29. The van der Waals surface area contributed by atoms with Gasteiger partial charge in [-0.15, -0.1) is 0 Å². The van der Waals surface area contributed by atoms with Gasteiger partial charge in [0.05, 0.1) is 24.7 Å². The van der Waals surface area contributed by atoms with Crippen LogP contribution in [0.25, 0.3) is 0 Å². The third kappa shape index (κ3) is 7.22. The Kier molecular flexibility index (Phi) is 9.49. The normalized spacial score (nSPS) is 12.3. The molecule has 32 heavy (non-hydrogen) atoms. The second kappa shape index (κ2) is 11.8. The molecule has 2 aromatic carbocycles.